The maximum Gasteiger partial charge on any atom is 0.317 e. The molecule has 3 aromatic rings. The molecule has 1 fully saturated rings. The summed E-state index contributed by atoms with van der Waals surface area (Å²) in [5.41, 5.74) is 2.33. The molecule has 1 aliphatic rings. The summed E-state index contributed by atoms with van der Waals surface area (Å²) in [6.45, 7) is 0.654. The number of fused-ring (bicyclic) bond motifs is 1. The summed E-state index contributed by atoms with van der Waals surface area (Å²) < 4.78 is 19.3. The summed E-state index contributed by atoms with van der Waals surface area (Å²) >= 11 is 0. The summed E-state index contributed by atoms with van der Waals surface area (Å²) in [5, 5.41) is 0.699. The maximum absolute atomic E-state index is 13.6. The largest absolute Gasteiger partial charge is 0.463 e. The summed E-state index contributed by atoms with van der Waals surface area (Å²) in [6, 6.07) is 14.7. The molecule has 0 amide bonds. The Labute approximate surface area is 127 Å². The highest BCUT2D eigenvalue weighted by molar-refractivity contribution is 5.92. The minimum atomic E-state index is -0.292. The summed E-state index contributed by atoms with van der Waals surface area (Å²) in [5.74, 6) is 0.340. The third-order valence-electron chi connectivity index (χ3n) is 3.83. The number of rotatable bonds is 4. The molecule has 0 bridgehead atoms. The van der Waals surface area contributed by atoms with E-state index in [0.717, 1.165) is 5.56 Å². The van der Waals surface area contributed by atoms with Gasteiger partial charge in [0.15, 0.2) is 0 Å². The highest BCUT2D eigenvalue weighted by Gasteiger charge is 2.22. The summed E-state index contributed by atoms with van der Waals surface area (Å²) in [4.78, 5) is 8.91. The van der Waals surface area contributed by atoms with Crippen LogP contribution in [0.2, 0.25) is 0 Å². The predicted molar refractivity (Wildman–Crippen MR) is 83.2 cm³/mol. The zero-order valence-corrected chi connectivity index (χ0v) is 12.0. The molecular formula is C18H15FN2O. The number of nitrogens with zero attached hydrogens (tertiary/aromatic N) is 2. The van der Waals surface area contributed by atoms with Crippen LogP contribution in [-0.2, 0) is 0 Å². The average molecular weight is 294 g/mol. The molecular weight excluding hydrogens is 279 g/mol. The fourth-order valence-corrected chi connectivity index (χ4v) is 2.44. The van der Waals surface area contributed by atoms with Crippen molar-refractivity contribution in [1.82, 2.24) is 9.97 Å². The third kappa shape index (κ3) is 2.64. The van der Waals surface area contributed by atoms with E-state index in [1.54, 1.807) is 6.07 Å². The minimum Gasteiger partial charge on any atom is -0.463 e. The smallest absolute Gasteiger partial charge is 0.317 e. The standard InChI is InChI=1S/C18H15FN2O/c19-14-8-9-16-15(10-14)17(13-4-2-1-3-5-13)21-18(20-16)22-11-12-6-7-12/h1-5,8-10,12H,6-7,11H2. The molecule has 4 heteroatoms. The van der Waals surface area contributed by atoms with Crippen LogP contribution in [0.4, 0.5) is 4.39 Å². The van der Waals surface area contributed by atoms with Crippen molar-refractivity contribution in [2.24, 2.45) is 5.92 Å². The van der Waals surface area contributed by atoms with Gasteiger partial charge in [-0.15, -0.1) is 0 Å². The van der Waals surface area contributed by atoms with Gasteiger partial charge in [0.1, 0.15) is 5.82 Å². The number of aromatic nitrogens is 2. The van der Waals surface area contributed by atoms with Crippen molar-refractivity contribution in [3.63, 3.8) is 0 Å². The Balaban J connectivity index is 1.84. The molecule has 22 heavy (non-hydrogen) atoms. The van der Waals surface area contributed by atoms with Gasteiger partial charge in [0.2, 0.25) is 0 Å². The molecule has 3 nitrogen and oxygen atoms in total. The van der Waals surface area contributed by atoms with E-state index < -0.39 is 0 Å². The number of ether oxygens (including phenoxy) is 1. The lowest BCUT2D eigenvalue weighted by Crippen LogP contribution is -2.04. The quantitative estimate of drug-likeness (QED) is 0.722. The molecule has 1 aromatic heterocycles. The highest BCUT2D eigenvalue weighted by atomic mass is 19.1. The van der Waals surface area contributed by atoms with E-state index in [0.29, 0.717) is 35.1 Å². The average Bonchev–Trinajstić information content (AvgIpc) is 3.37. The number of benzene rings is 2. The molecule has 0 N–H and O–H groups in total. The molecule has 0 radical (unpaired) electrons. The van der Waals surface area contributed by atoms with E-state index in [1.807, 2.05) is 30.3 Å². The third-order valence-corrected chi connectivity index (χ3v) is 3.83. The zero-order valence-electron chi connectivity index (χ0n) is 12.0. The lowest BCUT2D eigenvalue weighted by atomic mass is 10.1. The Morgan fingerprint density at radius 2 is 1.86 bits per heavy atom. The van der Waals surface area contributed by atoms with Crippen LogP contribution in [0.25, 0.3) is 22.2 Å². The second-order valence-corrected chi connectivity index (χ2v) is 5.64. The first-order valence-electron chi connectivity index (χ1n) is 7.45. The molecule has 0 saturated heterocycles. The molecule has 0 aliphatic heterocycles. The maximum atomic E-state index is 13.6. The molecule has 1 heterocycles. The summed E-state index contributed by atoms with van der Waals surface area (Å²) in [6.07, 6.45) is 2.43. The topological polar surface area (TPSA) is 35.0 Å². The van der Waals surface area contributed by atoms with Crippen molar-refractivity contribution in [3.05, 3.63) is 54.3 Å². The molecule has 0 atom stereocenters. The fraction of sp³-hybridized carbons (Fsp3) is 0.222. The lowest BCUT2D eigenvalue weighted by molar-refractivity contribution is 0.278. The Hall–Kier alpha value is -2.49. The monoisotopic (exact) mass is 294 g/mol. The van der Waals surface area contributed by atoms with Gasteiger partial charge in [-0.1, -0.05) is 30.3 Å². The van der Waals surface area contributed by atoms with Crippen LogP contribution in [0.5, 0.6) is 6.01 Å². The van der Waals surface area contributed by atoms with Crippen LogP contribution in [0.3, 0.4) is 0 Å². The molecule has 1 saturated carbocycles. The molecule has 2 aromatic carbocycles. The minimum absolute atomic E-state index is 0.292. The van der Waals surface area contributed by atoms with E-state index >= 15 is 0 Å². The van der Waals surface area contributed by atoms with E-state index in [-0.39, 0.29) is 5.82 Å². The lowest BCUT2D eigenvalue weighted by Gasteiger charge is -2.09. The van der Waals surface area contributed by atoms with Gasteiger partial charge in [-0.25, -0.2) is 4.39 Å². The van der Waals surface area contributed by atoms with Crippen LogP contribution in [-0.4, -0.2) is 16.6 Å². The van der Waals surface area contributed by atoms with Crippen molar-refractivity contribution in [2.45, 2.75) is 12.8 Å². The van der Waals surface area contributed by atoms with E-state index in [9.17, 15) is 4.39 Å². The van der Waals surface area contributed by atoms with Gasteiger partial charge in [0, 0.05) is 10.9 Å². The van der Waals surface area contributed by atoms with E-state index in [2.05, 4.69) is 9.97 Å². The second kappa shape index (κ2) is 5.37. The van der Waals surface area contributed by atoms with Gasteiger partial charge in [0.05, 0.1) is 17.8 Å². The van der Waals surface area contributed by atoms with E-state index in [1.165, 1.54) is 25.0 Å². The SMILES string of the molecule is Fc1ccc2nc(OCC3CC3)nc(-c3ccccc3)c2c1. The van der Waals surface area contributed by atoms with Crippen molar-refractivity contribution >= 4 is 10.9 Å². The van der Waals surface area contributed by atoms with Gasteiger partial charge >= 0.3 is 6.01 Å². The van der Waals surface area contributed by atoms with Crippen LogP contribution < -0.4 is 4.74 Å². The van der Waals surface area contributed by atoms with Gasteiger partial charge in [-0.05, 0) is 37.0 Å². The van der Waals surface area contributed by atoms with Gasteiger partial charge in [-0.2, -0.15) is 9.97 Å². The Kier molecular flexibility index (Phi) is 3.22. The Bertz CT molecular complexity index is 816. The van der Waals surface area contributed by atoms with Crippen LogP contribution in [0, 0.1) is 11.7 Å². The first kappa shape index (κ1) is 13.2. The Morgan fingerprint density at radius 1 is 1.05 bits per heavy atom. The molecule has 110 valence electrons. The first-order valence-corrected chi connectivity index (χ1v) is 7.45. The van der Waals surface area contributed by atoms with E-state index in [4.69, 9.17) is 4.74 Å². The molecule has 0 unspecified atom stereocenters. The Morgan fingerprint density at radius 3 is 2.64 bits per heavy atom. The first-order chi connectivity index (χ1) is 10.8. The summed E-state index contributed by atoms with van der Waals surface area (Å²) in [7, 11) is 0. The van der Waals surface area contributed by atoms with Crippen molar-refractivity contribution in [2.75, 3.05) is 6.61 Å². The van der Waals surface area contributed by atoms with Crippen LogP contribution >= 0.6 is 0 Å². The second-order valence-electron chi connectivity index (χ2n) is 5.64. The number of hydrogen-bond acceptors (Lipinski definition) is 3. The van der Waals surface area contributed by atoms with Crippen LogP contribution in [0.15, 0.2) is 48.5 Å². The van der Waals surface area contributed by atoms with Gasteiger partial charge < -0.3 is 4.74 Å². The van der Waals surface area contributed by atoms with Gasteiger partial charge in [-0.3, -0.25) is 0 Å². The van der Waals surface area contributed by atoms with Crippen molar-refractivity contribution < 1.29 is 9.13 Å². The molecule has 4 rings (SSSR count). The number of halogens is 1. The molecule has 1 aliphatic carbocycles. The van der Waals surface area contributed by atoms with Crippen molar-refractivity contribution in [1.29, 1.82) is 0 Å². The highest BCUT2D eigenvalue weighted by Crippen LogP contribution is 2.31. The van der Waals surface area contributed by atoms with Gasteiger partial charge in [0.25, 0.3) is 0 Å². The zero-order chi connectivity index (χ0) is 14.9. The van der Waals surface area contributed by atoms with Crippen LogP contribution in [0.1, 0.15) is 12.8 Å². The molecule has 0 spiro atoms. The predicted octanol–water partition coefficient (Wildman–Crippen LogP) is 4.22. The van der Waals surface area contributed by atoms with Crippen molar-refractivity contribution in [3.8, 4) is 17.3 Å². The normalized spacial score (nSPS) is 14.2. The fourth-order valence-electron chi connectivity index (χ4n) is 2.44. The number of hydrogen-bond donors (Lipinski definition) is 0.